The monoisotopic (exact) mass is 629 g/mol. The topological polar surface area (TPSA) is 65.0 Å². The van der Waals surface area contributed by atoms with Crippen LogP contribution in [0.5, 0.6) is 11.5 Å². The molecule has 6 aromatic carbocycles. The van der Waals surface area contributed by atoms with Crippen LogP contribution in [0.2, 0.25) is 0 Å². The number of benzene rings is 6. The third kappa shape index (κ3) is 4.30. The summed E-state index contributed by atoms with van der Waals surface area (Å²) in [6, 6.07) is 47.8. The van der Waals surface area contributed by atoms with E-state index < -0.39 is 7.14 Å². The Bertz CT molecular complexity index is 2420. The van der Waals surface area contributed by atoms with E-state index in [4.69, 9.17) is 19.7 Å². The smallest absolute Gasteiger partial charge is 0.178 e. The standard InChI is InChI=1S/C39H24N3O2PS/c43-45(28-16-8-3-9-17-28)33-22-27(39-41-37(25-12-4-1-5-13-25)40-38(42-39)26-14-6-2-7-15-26)20-21-31(33)44-32-23-30-29-18-10-11-19-35(29)46-36(30)24-34(32)45/h1-24H. The number of thiophene rings is 1. The molecule has 0 radical (unpaired) electrons. The Morgan fingerprint density at radius 2 is 1.04 bits per heavy atom. The first-order valence-corrected chi connectivity index (χ1v) is 17.5. The maximum Gasteiger partial charge on any atom is 0.178 e. The molecule has 1 unspecified atom stereocenters. The second kappa shape index (κ2) is 10.6. The zero-order chi connectivity index (χ0) is 30.7. The van der Waals surface area contributed by atoms with Crippen LogP contribution < -0.4 is 20.7 Å². The molecule has 218 valence electrons. The summed E-state index contributed by atoms with van der Waals surface area (Å²) in [5.74, 6) is 2.84. The zero-order valence-electron chi connectivity index (χ0n) is 24.4. The van der Waals surface area contributed by atoms with Gasteiger partial charge in [0, 0.05) is 42.2 Å². The van der Waals surface area contributed by atoms with Gasteiger partial charge >= 0.3 is 0 Å². The second-order valence-electron chi connectivity index (χ2n) is 11.2. The van der Waals surface area contributed by atoms with Crippen molar-refractivity contribution in [2.75, 3.05) is 0 Å². The van der Waals surface area contributed by atoms with Crippen molar-refractivity contribution in [3.63, 3.8) is 0 Å². The molecule has 0 saturated heterocycles. The van der Waals surface area contributed by atoms with Gasteiger partial charge in [-0.1, -0.05) is 109 Å². The fraction of sp³-hybridized carbons (Fsp3) is 0. The van der Waals surface area contributed by atoms with E-state index in [0.717, 1.165) is 32.1 Å². The Morgan fingerprint density at radius 1 is 0.478 bits per heavy atom. The predicted molar refractivity (Wildman–Crippen MR) is 188 cm³/mol. The van der Waals surface area contributed by atoms with Gasteiger partial charge in [0.15, 0.2) is 24.6 Å². The van der Waals surface area contributed by atoms with Crippen LogP contribution in [0.1, 0.15) is 0 Å². The Labute approximate surface area is 269 Å². The third-order valence-electron chi connectivity index (χ3n) is 8.39. The van der Waals surface area contributed by atoms with Crippen LogP contribution in [0.15, 0.2) is 146 Å². The van der Waals surface area contributed by atoms with Crippen molar-refractivity contribution in [3.05, 3.63) is 146 Å². The van der Waals surface area contributed by atoms with Gasteiger partial charge in [0.1, 0.15) is 11.5 Å². The van der Waals surface area contributed by atoms with E-state index in [0.29, 0.717) is 39.6 Å². The molecular formula is C39H24N3O2PS. The van der Waals surface area contributed by atoms with E-state index >= 15 is 4.57 Å². The summed E-state index contributed by atoms with van der Waals surface area (Å²) in [4.78, 5) is 14.7. The minimum atomic E-state index is -3.37. The highest BCUT2D eigenvalue weighted by atomic mass is 32.1. The maximum absolute atomic E-state index is 15.8. The largest absolute Gasteiger partial charge is 0.456 e. The maximum atomic E-state index is 15.8. The molecule has 2 aromatic heterocycles. The number of aromatic nitrogens is 3. The molecule has 3 heterocycles. The van der Waals surface area contributed by atoms with E-state index in [-0.39, 0.29) is 0 Å². The van der Waals surface area contributed by atoms with Gasteiger partial charge in [0.05, 0.1) is 10.6 Å². The van der Waals surface area contributed by atoms with E-state index in [1.165, 1.54) is 10.1 Å². The lowest BCUT2D eigenvalue weighted by Crippen LogP contribution is -2.30. The number of nitrogens with zero attached hydrogens (tertiary/aromatic N) is 3. The summed E-state index contributed by atoms with van der Waals surface area (Å²) in [6.07, 6.45) is 0. The van der Waals surface area contributed by atoms with Crippen molar-refractivity contribution in [2.45, 2.75) is 0 Å². The van der Waals surface area contributed by atoms with Crippen LogP contribution in [0.25, 0.3) is 54.3 Å². The number of hydrogen-bond acceptors (Lipinski definition) is 6. The van der Waals surface area contributed by atoms with Crippen molar-refractivity contribution in [3.8, 4) is 45.7 Å². The van der Waals surface area contributed by atoms with Gasteiger partial charge in [-0.2, -0.15) is 0 Å². The molecule has 0 fully saturated rings. The summed E-state index contributed by atoms with van der Waals surface area (Å²) < 4.78 is 24.6. The molecule has 0 saturated carbocycles. The van der Waals surface area contributed by atoms with Crippen LogP contribution >= 0.6 is 18.5 Å². The van der Waals surface area contributed by atoms with Crippen LogP contribution in [0.4, 0.5) is 0 Å². The minimum Gasteiger partial charge on any atom is -0.456 e. The Kier molecular flexibility index (Phi) is 6.20. The van der Waals surface area contributed by atoms with Gasteiger partial charge in [-0.25, -0.2) is 15.0 Å². The fourth-order valence-corrected chi connectivity index (χ4v) is 10.3. The summed E-state index contributed by atoms with van der Waals surface area (Å²) in [6.45, 7) is 0. The molecule has 0 aliphatic carbocycles. The van der Waals surface area contributed by atoms with E-state index in [2.05, 4.69) is 24.3 Å². The number of rotatable bonds is 4. The zero-order valence-corrected chi connectivity index (χ0v) is 26.1. The molecule has 1 aliphatic heterocycles. The number of ether oxygens (including phenoxy) is 1. The van der Waals surface area contributed by atoms with Crippen molar-refractivity contribution in [1.82, 2.24) is 15.0 Å². The Hall–Kier alpha value is -5.42. The molecule has 1 atom stereocenters. The average Bonchev–Trinajstić information content (AvgIpc) is 3.49. The molecule has 0 N–H and O–H groups in total. The highest BCUT2D eigenvalue weighted by Crippen LogP contribution is 2.53. The van der Waals surface area contributed by atoms with E-state index in [9.17, 15) is 0 Å². The quantitative estimate of drug-likeness (QED) is 0.182. The van der Waals surface area contributed by atoms with Gasteiger partial charge < -0.3 is 9.30 Å². The van der Waals surface area contributed by atoms with Gasteiger partial charge in [0.2, 0.25) is 0 Å². The van der Waals surface area contributed by atoms with Crippen LogP contribution in [0, 0.1) is 0 Å². The number of fused-ring (bicyclic) bond motifs is 5. The van der Waals surface area contributed by atoms with Crippen molar-refractivity contribution in [2.24, 2.45) is 0 Å². The lowest BCUT2D eigenvalue weighted by molar-refractivity contribution is 0.486. The molecule has 7 heteroatoms. The molecule has 1 aliphatic rings. The molecule has 0 bridgehead atoms. The highest BCUT2D eigenvalue weighted by molar-refractivity contribution is 7.85. The van der Waals surface area contributed by atoms with Gasteiger partial charge in [-0.3, -0.25) is 0 Å². The molecule has 46 heavy (non-hydrogen) atoms. The summed E-state index contributed by atoms with van der Waals surface area (Å²) in [5.41, 5.74) is 2.52. The first-order chi connectivity index (χ1) is 22.6. The SMILES string of the molecule is O=P1(c2ccccc2)c2cc(-c3nc(-c4ccccc4)nc(-c4ccccc4)n3)ccc2Oc2cc3c(cc21)sc1ccccc13. The van der Waals surface area contributed by atoms with Crippen molar-refractivity contribution in [1.29, 1.82) is 0 Å². The molecular weight excluding hydrogens is 605 g/mol. The third-order valence-corrected chi connectivity index (χ3v) is 12.6. The Morgan fingerprint density at radius 3 is 1.72 bits per heavy atom. The Balaban J connectivity index is 1.27. The average molecular weight is 630 g/mol. The molecule has 5 nitrogen and oxygen atoms in total. The second-order valence-corrected chi connectivity index (χ2v) is 15.0. The van der Waals surface area contributed by atoms with E-state index in [1.54, 1.807) is 11.3 Å². The first-order valence-electron chi connectivity index (χ1n) is 15.0. The van der Waals surface area contributed by atoms with Crippen LogP contribution in [-0.4, -0.2) is 15.0 Å². The molecule has 9 rings (SSSR count). The molecule has 8 aromatic rings. The molecule has 0 spiro atoms. The first kappa shape index (κ1) is 26.9. The van der Waals surface area contributed by atoms with Crippen molar-refractivity contribution >= 4 is 54.6 Å². The van der Waals surface area contributed by atoms with Gasteiger partial charge in [-0.15, -0.1) is 11.3 Å². The minimum absolute atomic E-state index is 0.501. The summed E-state index contributed by atoms with van der Waals surface area (Å²) in [5, 5.41) is 4.36. The van der Waals surface area contributed by atoms with Crippen LogP contribution in [0.3, 0.4) is 0 Å². The highest BCUT2D eigenvalue weighted by Gasteiger charge is 2.40. The lowest BCUT2D eigenvalue weighted by Gasteiger charge is -2.29. The normalized spacial score (nSPS) is 15.3. The van der Waals surface area contributed by atoms with Crippen molar-refractivity contribution < 1.29 is 9.30 Å². The van der Waals surface area contributed by atoms with Gasteiger partial charge in [-0.05, 0) is 36.4 Å². The van der Waals surface area contributed by atoms with E-state index in [1.807, 2.05) is 121 Å². The molecule has 0 amide bonds. The van der Waals surface area contributed by atoms with Gasteiger partial charge in [0.25, 0.3) is 0 Å². The summed E-state index contributed by atoms with van der Waals surface area (Å²) >= 11 is 1.71. The lowest BCUT2D eigenvalue weighted by atomic mass is 10.1. The fourth-order valence-electron chi connectivity index (χ4n) is 6.16. The predicted octanol–water partition coefficient (Wildman–Crippen LogP) is 8.99. The van der Waals surface area contributed by atoms with Crippen LogP contribution in [-0.2, 0) is 4.57 Å². The summed E-state index contributed by atoms with van der Waals surface area (Å²) in [7, 11) is -3.37. The number of hydrogen-bond donors (Lipinski definition) is 0.